The molecule has 0 saturated carbocycles. The van der Waals surface area contributed by atoms with Crippen molar-refractivity contribution in [2.75, 3.05) is 11.9 Å². The van der Waals surface area contributed by atoms with E-state index in [-0.39, 0.29) is 12.5 Å². The third kappa shape index (κ3) is 3.34. The molecule has 19 heavy (non-hydrogen) atoms. The lowest BCUT2D eigenvalue weighted by atomic mass is 10.0. The molecule has 3 N–H and O–H groups in total. The summed E-state index contributed by atoms with van der Waals surface area (Å²) in [7, 11) is 0. The Morgan fingerprint density at radius 1 is 1.53 bits per heavy atom. The van der Waals surface area contributed by atoms with Crippen LogP contribution in [0.2, 0.25) is 0 Å². The zero-order valence-electron chi connectivity index (χ0n) is 10.2. The Bertz CT molecular complexity index is 642. The van der Waals surface area contributed by atoms with Gasteiger partial charge in [-0.05, 0) is 29.8 Å². The second kappa shape index (κ2) is 6.04. The Morgan fingerprint density at radius 3 is 3.05 bits per heavy atom. The summed E-state index contributed by atoms with van der Waals surface area (Å²) in [4.78, 5) is 12.0. The Balaban J connectivity index is 2.22. The Labute approximate surface area is 114 Å². The van der Waals surface area contributed by atoms with E-state index in [4.69, 9.17) is 5.73 Å². The van der Waals surface area contributed by atoms with Crippen molar-refractivity contribution in [1.82, 2.24) is 14.8 Å². The standard InChI is InChI=1S/C12H11N5OS/c1-8-4-5-10(7-9(8)3-2-6-13)11(18)14-12-15-16-17-19-12/h4-5,7H,6,13H2,1H3,(H,14,15,17,18). The van der Waals surface area contributed by atoms with E-state index in [0.717, 1.165) is 22.7 Å². The quantitative estimate of drug-likeness (QED) is 0.789. The number of nitrogens with two attached hydrogens (primary N) is 1. The van der Waals surface area contributed by atoms with Gasteiger partial charge in [-0.15, -0.1) is 0 Å². The first-order valence-corrected chi connectivity index (χ1v) is 6.24. The van der Waals surface area contributed by atoms with Crippen LogP contribution in [0.4, 0.5) is 5.13 Å². The molecule has 1 heterocycles. The zero-order valence-corrected chi connectivity index (χ0v) is 11.0. The monoisotopic (exact) mass is 273 g/mol. The lowest BCUT2D eigenvalue weighted by Crippen LogP contribution is -2.12. The molecule has 2 rings (SSSR count). The number of hydrogen-bond donors (Lipinski definition) is 2. The summed E-state index contributed by atoms with van der Waals surface area (Å²) >= 11 is 1.02. The highest BCUT2D eigenvalue weighted by molar-refractivity contribution is 7.09. The van der Waals surface area contributed by atoms with E-state index in [1.807, 2.05) is 13.0 Å². The number of benzene rings is 1. The number of aromatic nitrogens is 3. The number of aryl methyl sites for hydroxylation is 1. The molecule has 0 spiro atoms. The summed E-state index contributed by atoms with van der Waals surface area (Å²) in [5, 5.41) is 10.0. The topological polar surface area (TPSA) is 93.8 Å². The second-order valence-corrected chi connectivity index (χ2v) is 4.39. The average molecular weight is 273 g/mol. The summed E-state index contributed by atoms with van der Waals surface area (Å²) in [5.41, 5.74) is 7.62. The predicted octanol–water partition coefficient (Wildman–Crippen LogP) is 0.804. The summed E-state index contributed by atoms with van der Waals surface area (Å²) in [6.45, 7) is 2.21. The largest absolute Gasteiger partial charge is 0.320 e. The van der Waals surface area contributed by atoms with Crippen LogP contribution in [-0.2, 0) is 0 Å². The van der Waals surface area contributed by atoms with Gasteiger partial charge in [-0.2, -0.15) is 0 Å². The summed E-state index contributed by atoms with van der Waals surface area (Å²) in [5.74, 6) is 5.44. The molecule has 0 aliphatic rings. The van der Waals surface area contributed by atoms with Gasteiger partial charge in [0.05, 0.1) is 6.54 Å². The van der Waals surface area contributed by atoms with E-state index in [1.165, 1.54) is 0 Å². The molecule has 0 fully saturated rings. The van der Waals surface area contributed by atoms with Crippen molar-refractivity contribution in [1.29, 1.82) is 0 Å². The molecule has 2 aromatic rings. The maximum Gasteiger partial charge on any atom is 0.257 e. The summed E-state index contributed by atoms with van der Waals surface area (Å²) < 4.78 is 3.57. The molecule has 0 saturated heterocycles. The van der Waals surface area contributed by atoms with E-state index >= 15 is 0 Å². The summed E-state index contributed by atoms with van der Waals surface area (Å²) in [6.07, 6.45) is 0. The highest BCUT2D eigenvalue weighted by Gasteiger charge is 2.09. The number of carbonyl (C=O) groups excluding carboxylic acids is 1. The number of nitrogens with zero attached hydrogens (tertiary/aromatic N) is 3. The van der Waals surface area contributed by atoms with E-state index in [9.17, 15) is 4.79 Å². The van der Waals surface area contributed by atoms with Crippen LogP contribution in [0.5, 0.6) is 0 Å². The minimum atomic E-state index is -0.269. The summed E-state index contributed by atoms with van der Waals surface area (Å²) in [6, 6.07) is 5.29. The van der Waals surface area contributed by atoms with Crippen LogP contribution in [0.15, 0.2) is 18.2 Å². The van der Waals surface area contributed by atoms with Crippen LogP contribution in [0.1, 0.15) is 21.5 Å². The SMILES string of the molecule is Cc1ccc(C(=O)Nc2nnns2)cc1C#CCN. The van der Waals surface area contributed by atoms with Crippen LogP contribution in [0, 0.1) is 18.8 Å². The normalized spacial score (nSPS) is 9.58. The van der Waals surface area contributed by atoms with Crippen molar-refractivity contribution >= 4 is 22.6 Å². The number of nitrogens with one attached hydrogen (secondary N) is 1. The van der Waals surface area contributed by atoms with Crippen LogP contribution in [-0.4, -0.2) is 27.3 Å². The molecule has 0 bridgehead atoms. The molecule has 0 radical (unpaired) electrons. The molecule has 96 valence electrons. The van der Waals surface area contributed by atoms with Gasteiger partial charge in [-0.3, -0.25) is 10.1 Å². The van der Waals surface area contributed by atoms with Gasteiger partial charge in [-0.1, -0.05) is 27.5 Å². The molecular formula is C12H11N5OS. The highest BCUT2D eigenvalue weighted by atomic mass is 32.1. The molecule has 7 heteroatoms. The molecule has 6 nitrogen and oxygen atoms in total. The van der Waals surface area contributed by atoms with E-state index in [1.54, 1.807) is 12.1 Å². The Kier molecular flexibility index (Phi) is 4.18. The van der Waals surface area contributed by atoms with E-state index in [2.05, 4.69) is 32.0 Å². The fourth-order valence-electron chi connectivity index (χ4n) is 1.40. The van der Waals surface area contributed by atoms with Crippen molar-refractivity contribution in [3.05, 3.63) is 34.9 Å². The third-order valence-corrected chi connectivity index (χ3v) is 2.86. The fraction of sp³-hybridized carbons (Fsp3) is 0.167. The molecule has 0 aliphatic carbocycles. The van der Waals surface area contributed by atoms with Gasteiger partial charge in [0.2, 0.25) is 5.13 Å². The van der Waals surface area contributed by atoms with Crippen molar-refractivity contribution in [2.24, 2.45) is 5.73 Å². The first kappa shape index (κ1) is 13.1. The predicted molar refractivity (Wildman–Crippen MR) is 72.8 cm³/mol. The van der Waals surface area contributed by atoms with Crippen LogP contribution >= 0.6 is 11.5 Å². The number of hydrogen-bond acceptors (Lipinski definition) is 6. The van der Waals surface area contributed by atoms with Gasteiger partial charge >= 0.3 is 0 Å². The molecule has 0 unspecified atom stereocenters. The molecule has 1 aromatic carbocycles. The van der Waals surface area contributed by atoms with Crippen LogP contribution in [0.3, 0.4) is 0 Å². The van der Waals surface area contributed by atoms with Gasteiger partial charge in [0.1, 0.15) is 0 Å². The average Bonchev–Trinajstić information content (AvgIpc) is 2.90. The zero-order chi connectivity index (χ0) is 13.7. The lowest BCUT2D eigenvalue weighted by molar-refractivity contribution is 0.102. The third-order valence-electron chi connectivity index (χ3n) is 2.34. The Morgan fingerprint density at radius 2 is 2.37 bits per heavy atom. The molecule has 1 aromatic heterocycles. The molecule has 0 aliphatic heterocycles. The van der Waals surface area contributed by atoms with Crippen molar-refractivity contribution in [3.8, 4) is 11.8 Å². The van der Waals surface area contributed by atoms with Crippen LogP contribution < -0.4 is 11.1 Å². The van der Waals surface area contributed by atoms with E-state index < -0.39 is 0 Å². The number of carbonyl (C=O) groups is 1. The molecule has 1 amide bonds. The van der Waals surface area contributed by atoms with Crippen molar-refractivity contribution < 1.29 is 4.79 Å². The van der Waals surface area contributed by atoms with Gasteiger partial charge in [-0.25, -0.2) is 0 Å². The van der Waals surface area contributed by atoms with Crippen molar-refractivity contribution in [3.63, 3.8) is 0 Å². The highest BCUT2D eigenvalue weighted by Crippen LogP contribution is 2.13. The molecular weight excluding hydrogens is 262 g/mol. The van der Waals surface area contributed by atoms with Gasteiger partial charge in [0.25, 0.3) is 5.91 Å². The smallest absolute Gasteiger partial charge is 0.257 e. The molecule has 0 atom stereocenters. The number of anilines is 1. The number of rotatable bonds is 2. The second-order valence-electron chi connectivity index (χ2n) is 3.66. The fourth-order valence-corrected chi connectivity index (χ4v) is 1.76. The first-order valence-electron chi connectivity index (χ1n) is 5.46. The number of amides is 1. The lowest BCUT2D eigenvalue weighted by Gasteiger charge is -2.03. The minimum Gasteiger partial charge on any atom is -0.320 e. The van der Waals surface area contributed by atoms with Gasteiger partial charge < -0.3 is 5.73 Å². The first-order chi connectivity index (χ1) is 9.20. The van der Waals surface area contributed by atoms with E-state index in [0.29, 0.717) is 10.7 Å². The van der Waals surface area contributed by atoms with Gasteiger partial charge in [0, 0.05) is 22.7 Å². The minimum absolute atomic E-state index is 0.269. The Hall–Kier alpha value is -2.30. The van der Waals surface area contributed by atoms with Crippen molar-refractivity contribution in [2.45, 2.75) is 6.92 Å². The van der Waals surface area contributed by atoms with Crippen LogP contribution in [0.25, 0.3) is 0 Å². The van der Waals surface area contributed by atoms with Gasteiger partial charge in [0.15, 0.2) is 0 Å². The maximum atomic E-state index is 12.0. The maximum absolute atomic E-state index is 12.0.